The van der Waals surface area contributed by atoms with Gasteiger partial charge in [0.05, 0.1) is 12.6 Å². The van der Waals surface area contributed by atoms with Crippen molar-refractivity contribution in [3.63, 3.8) is 0 Å². The maximum atomic E-state index is 10.0. The average molecular weight is 160 g/mol. The van der Waals surface area contributed by atoms with Gasteiger partial charge in [-0.05, 0) is 19.3 Å². The van der Waals surface area contributed by atoms with Gasteiger partial charge in [-0.25, -0.2) is 0 Å². The molecule has 0 aliphatic heterocycles. The summed E-state index contributed by atoms with van der Waals surface area (Å²) in [7, 11) is 0. The lowest BCUT2D eigenvalue weighted by molar-refractivity contribution is 0.278. The predicted octanol–water partition coefficient (Wildman–Crippen LogP) is 1.05. The molecule has 0 saturated carbocycles. The number of hydrogen-bond acceptors (Lipinski definition) is 5. The zero-order valence-corrected chi connectivity index (χ0v) is 6.27. The van der Waals surface area contributed by atoms with Crippen molar-refractivity contribution in [2.75, 3.05) is 13.2 Å². The Hall–Kier alpha value is -0.840. The molecule has 0 aromatic carbocycles. The Labute approximate surface area is 64.7 Å². The monoisotopic (exact) mass is 160 g/mol. The fraction of sp³-hybridized carbons (Fsp3) is 1.00. The van der Waals surface area contributed by atoms with Crippen LogP contribution in [0.5, 0.6) is 0 Å². The van der Waals surface area contributed by atoms with Crippen molar-refractivity contribution < 1.29 is 5.11 Å². The highest BCUT2D eigenvalue weighted by Crippen LogP contribution is 2.05. The Kier molecular flexibility index (Phi) is 6.71. The zero-order chi connectivity index (χ0) is 8.53. The SMILES string of the molecule is O=NCCC(CCCO)N=O. The van der Waals surface area contributed by atoms with Crippen LogP contribution in [0, 0.1) is 9.81 Å². The molecule has 5 nitrogen and oxygen atoms in total. The molecule has 0 aliphatic carbocycles. The van der Waals surface area contributed by atoms with E-state index in [1.165, 1.54) is 0 Å². The quantitative estimate of drug-likeness (QED) is 0.565. The van der Waals surface area contributed by atoms with Gasteiger partial charge in [-0.1, -0.05) is 10.4 Å². The summed E-state index contributed by atoms with van der Waals surface area (Å²) < 4.78 is 0. The molecule has 0 amide bonds. The summed E-state index contributed by atoms with van der Waals surface area (Å²) in [4.78, 5) is 19.7. The van der Waals surface area contributed by atoms with E-state index in [4.69, 9.17) is 5.11 Å². The van der Waals surface area contributed by atoms with Gasteiger partial charge in [0, 0.05) is 6.61 Å². The van der Waals surface area contributed by atoms with Gasteiger partial charge in [-0.15, -0.1) is 0 Å². The summed E-state index contributed by atoms with van der Waals surface area (Å²) in [6.07, 6.45) is 1.48. The van der Waals surface area contributed by atoms with E-state index >= 15 is 0 Å². The van der Waals surface area contributed by atoms with E-state index in [9.17, 15) is 9.81 Å². The number of hydrogen-bond donors (Lipinski definition) is 1. The van der Waals surface area contributed by atoms with Crippen molar-refractivity contribution in [2.24, 2.45) is 10.4 Å². The third kappa shape index (κ3) is 5.60. The maximum Gasteiger partial charge on any atom is 0.0939 e. The van der Waals surface area contributed by atoms with Crippen LogP contribution >= 0.6 is 0 Å². The molecule has 64 valence electrons. The van der Waals surface area contributed by atoms with Crippen LogP contribution in [0.3, 0.4) is 0 Å². The Bertz CT molecular complexity index is 118. The summed E-state index contributed by atoms with van der Waals surface area (Å²) in [6, 6.07) is -0.361. The molecular formula is C6H12N2O3. The van der Waals surface area contributed by atoms with E-state index in [0.29, 0.717) is 19.3 Å². The molecule has 0 aromatic heterocycles. The lowest BCUT2D eigenvalue weighted by Crippen LogP contribution is -2.06. The second kappa shape index (κ2) is 7.27. The van der Waals surface area contributed by atoms with Gasteiger partial charge in [-0.3, -0.25) is 0 Å². The third-order valence-electron chi connectivity index (χ3n) is 1.40. The summed E-state index contributed by atoms with van der Waals surface area (Å²) in [6.45, 7) is 0.183. The Morgan fingerprint density at radius 2 is 2.00 bits per heavy atom. The van der Waals surface area contributed by atoms with E-state index in [1.54, 1.807) is 0 Å². The number of aliphatic hydroxyl groups excluding tert-OH is 1. The fourth-order valence-electron chi connectivity index (χ4n) is 0.778. The first-order valence-electron chi connectivity index (χ1n) is 3.57. The molecule has 0 spiro atoms. The molecule has 0 saturated heterocycles. The van der Waals surface area contributed by atoms with Gasteiger partial charge < -0.3 is 5.11 Å². The molecule has 0 bridgehead atoms. The number of nitrogens with zero attached hydrogens (tertiary/aromatic N) is 2. The van der Waals surface area contributed by atoms with Gasteiger partial charge in [0.25, 0.3) is 0 Å². The topological polar surface area (TPSA) is 79.1 Å². The van der Waals surface area contributed by atoms with Crippen LogP contribution in [0.25, 0.3) is 0 Å². The van der Waals surface area contributed by atoms with E-state index in [-0.39, 0.29) is 19.2 Å². The van der Waals surface area contributed by atoms with E-state index in [0.717, 1.165) is 0 Å². The Morgan fingerprint density at radius 3 is 2.45 bits per heavy atom. The Morgan fingerprint density at radius 1 is 1.27 bits per heavy atom. The fourth-order valence-corrected chi connectivity index (χ4v) is 0.778. The molecular weight excluding hydrogens is 148 g/mol. The first kappa shape index (κ1) is 10.2. The highest BCUT2D eigenvalue weighted by atomic mass is 16.3. The second-order valence-electron chi connectivity index (χ2n) is 2.27. The molecule has 0 radical (unpaired) electrons. The van der Waals surface area contributed by atoms with Gasteiger partial charge >= 0.3 is 0 Å². The summed E-state index contributed by atoms with van der Waals surface area (Å²) in [5.41, 5.74) is 0. The maximum absolute atomic E-state index is 10.0. The summed E-state index contributed by atoms with van der Waals surface area (Å²) in [5.74, 6) is 0. The van der Waals surface area contributed by atoms with E-state index in [2.05, 4.69) is 10.4 Å². The van der Waals surface area contributed by atoms with Crippen molar-refractivity contribution in [1.82, 2.24) is 0 Å². The van der Waals surface area contributed by atoms with Crippen LogP contribution in [0.1, 0.15) is 19.3 Å². The van der Waals surface area contributed by atoms with E-state index in [1.807, 2.05) is 0 Å². The van der Waals surface area contributed by atoms with Crippen LogP contribution in [0.15, 0.2) is 10.4 Å². The van der Waals surface area contributed by atoms with Crippen LogP contribution < -0.4 is 0 Å². The smallest absolute Gasteiger partial charge is 0.0939 e. The van der Waals surface area contributed by atoms with Crippen molar-refractivity contribution in [3.8, 4) is 0 Å². The van der Waals surface area contributed by atoms with Crippen LogP contribution in [0.4, 0.5) is 0 Å². The van der Waals surface area contributed by atoms with Crippen LogP contribution in [-0.4, -0.2) is 24.3 Å². The summed E-state index contributed by atoms with van der Waals surface area (Å²) in [5, 5.41) is 13.8. The molecule has 1 N–H and O–H groups in total. The van der Waals surface area contributed by atoms with Crippen molar-refractivity contribution >= 4 is 0 Å². The van der Waals surface area contributed by atoms with Crippen molar-refractivity contribution in [2.45, 2.75) is 25.3 Å². The number of nitroso groups, excluding NO2 is 2. The number of rotatable bonds is 7. The normalized spacial score (nSPS) is 12.5. The largest absolute Gasteiger partial charge is 0.396 e. The van der Waals surface area contributed by atoms with Gasteiger partial charge in [0.2, 0.25) is 0 Å². The van der Waals surface area contributed by atoms with Gasteiger partial charge in [0.1, 0.15) is 0 Å². The van der Waals surface area contributed by atoms with Crippen LogP contribution in [0.2, 0.25) is 0 Å². The summed E-state index contributed by atoms with van der Waals surface area (Å²) >= 11 is 0. The second-order valence-corrected chi connectivity index (χ2v) is 2.27. The molecule has 0 heterocycles. The molecule has 1 atom stereocenters. The molecule has 5 heteroatoms. The molecule has 11 heavy (non-hydrogen) atoms. The molecule has 0 aliphatic rings. The average Bonchev–Trinajstić information content (AvgIpc) is 2.05. The van der Waals surface area contributed by atoms with Gasteiger partial charge in [-0.2, -0.15) is 9.81 Å². The van der Waals surface area contributed by atoms with Crippen molar-refractivity contribution in [3.05, 3.63) is 9.81 Å². The third-order valence-corrected chi connectivity index (χ3v) is 1.40. The molecule has 0 fully saturated rings. The zero-order valence-electron chi connectivity index (χ0n) is 6.27. The first-order chi connectivity index (χ1) is 5.35. The number of aliphatic hydroxyl groups is 1. The van der Waals surface area contributed by atoms with E-state index < -0.39 is 0 Å². The minimum Gasteiger partial charge on any atom is -0.396 e. The molecule has 0 aromatic rings. The lowest BCUT2D eigenvalue weighted by Gasteiger charge is -2.03. The van der Waals surface area contributed by atoms with Crippen molar-refractivity contribution in [1.29, 1.82) is 0 Å². The van der Waals surface area contributed by atoms with Crippen LogP contribution in [-0.2, 0) is 0 Å². The minimum atomic E-state index is -0.361. The van der Waals surface area contributed by atoms with Gasteiger partial charge in [0.15, 0.2) is 0 Å². The lowest BCUT2D eigenvalue weighted by atomic mass is 10.1. The minimum absolute atomic E-state index is 0.0561. The first-order valence-corrected chi connectivity index (χ1v) is 3.57. The highest BCUT2D eigenvalue weighted by Gasteiger charge is 2.06. The standard InChI is InChI=1S/C6H12N2O3/c9-5-1-2-6(8-11)3-4-7-10/h6,9H,1-5H2. The predicted molar refractivity (Wildman–Crippen MR) is 41.2 cm³/mol. The molecule has 1 unspecified atom stereocenters. The highest BCUT2D eigenvalue weighted by molar-refractivity contribution is 4.66. The molecule has 0 rings (SSSR count). The Balaban J connectivity index is 3.40.